The molecule has 2 heteroatoms. The van der Waals surface area contributed by atoms with Crippen molar-refractivity contribution in [3.8, 4) is 0 Å². The maximum absolute atomic E-state index is 6.05. The fraction of sp³-hybridized carbons (Fsp3) is 0.444. The first kappa shape index (κ1) is 12.6. The van der Waals surface area contributed by atoms with E-state index in [1.807, 2.05) is 11.3 Å². The van der Waals surface area contributed by atoms with Crippen LogP contribution in [0.2, 0.25) is 0 Å². The normalized spacial score (nSPS) is 25.7. The van der Waals surface area contributed by atoms with Crippen LogP contribution < -0.4 is 5.73 Å². The summed E-state index contributed by atoms with van der Waals surface area (Å²) in [4.78, 5) is 0. The van der Waals surface area contributed by atoms with Crippen molar-refractivity contribution in [1.29, 1.82) is 0 Å². The summed E-state index contributed by atoms with van der Waals surface area (Å²) in [5, 5.41) is 3.69. The van der Waals surface area contributed by atoms with Gasteiger partial charge in [-0.05, 0) is 84.0 Å². The number of hydrogen-bond donors (Lipinski definition) is 1. The van der Waals surface area contributed by atoms with Crippen molar-refractivity contribution in [3.63, 3.8) is 0 Å². The van der Waals surface area contributed by atoms with Crippen LogP contribution in [0.3, 0.4) is 0 Å². The monoisotopic (exact) mass is 283 g/mol. The van der Waals surface area contributed by atoms with Gasteiger partial charge in [-0.15, -0.1) is 11.3 Å². The lowest BCUT2D eigenvalue weighted by Gasteiger charge is -2.26. The van der Waals surface area contributed by atoms with Gasteiger partial charge in [-0.1, -0.05) is 11.6 Å². The summed E-state index contributed by atoms with van der Waals surface area (Å²) >= 11 is 1.85. The predicted molar refractivity (Wildman–Crippen MR) is 88.0 cm³/mol. The molecule has 1 aromatic carbocycles. The second-order valence-corrected chi connectivity index (χ2v) is 7.34. The zero-order valence-corrected chi connectivity index (χ0v) is 12.8. The van der Waals surface area contributed by atoms with Gasteiger partial charge >= 0.3 is 0 Å². The van der Waals surface area contributed by atoms with Crippen LogP contribution in [0.25, 0.3) is 15.7 Å². The van der Waals surface area contributed by atoms with Crippen molar-refractivity contribution in [3.05, 3.63) is 40.3 Å². The van der Waals surface area contributed by atoms with E-state index < -0.39 is 0 Å². The molecule has 0 saturated heterocycles. The summed E-state index contributed by atoms with van der Waals surface area (Å²) < 4.78 is 1.40. The molecule has 1 aromatic heterocycles. The van der Waals surface area contributed by atoms with Crippen LogP contribution in [0, 0.1) is 18.8 Å². The van der Waals surface area contributed by atoms with E-state index in [-0.39, 0.29) is 0 Å². The van der Waals surface area contributed by atoms with Gasteiger partial charge in [0, 0.05) is 11.2 Å². The topological polar surface area (TPSA) is 26.0 Å². The molecular formula is C18H21NS. The second-order valence-electron chi connectivity index (χ2n) is 6.43. The third kappa shape index (κ3) is 1.86. The lowest BCUT2D eigenvalue weighted by atomic mass is 9.79. The highest BCUT2D eigenvalue weighted by Gasteiger charge is 2.34. The van der Waals surface area contributed by atoms with E-state index in [0.29, 0.717) is 0 Å². The molecule has 2 bridgehead atoms. The molecule has 0 aliphatic heterocycles. The molecule has 2 N–H and O–H groups in total. The standard InChI is InChI=1S/C18H21NS/c1-11-10-20-17-5-4-14(8-16(11)17)18-13-3-2-12(6-13)7-15(18)9-19/h4-5,8,10,12-13H,2-3,6-7,9,19H2,1H3. The van der Waals surface area contributed by atoms with Crippen molar-refractivity contribution >= 4 is 27.0 Å². The highest BCUT2D eigenvalue weighted by molar-refractivity contribution is 7.17. The molecule has 1 fully saturated rings. The van der Waals surface area contributed by atoms with Gasteiger partial charge in [-0.2, -0.15) is 0 Å². The first-order valence-electron chi connectivity index (χ1n) is 7.66. The first-order valence-corrected chi connectivity index (χ1v) is 8.54. The Morgan fingerprint density at radius 2 is 2.20 bits per heavy atom. The Hall–Kier alpha value is -1.12. The zero-order chi connectivity index (χ0) is 13.7. The Morgan fingerprint density at radius 3 is 3.05 bits per heavy atom. The van der Waals surface area contributed by atoms with Gasteiger partial charge in [-0.25, -0.2) is 0 Å². The number of rotatable bonds is 2. The van der Waals surface area contributed by atoms with E-state index in [1.54, 1.807) is 5.57 Å². The molecule has 2 aliphatic carbocycles. The lowest BCUT2D eigenvalue weighted by molar-refractivity contribution is 0.507. The van der Waals surface area contributed by atoms with Crippen molar-refractivity contribution in [2.45, 2.75) is 32.6 Å². The molecule has 0 amide bonds. The van der Waals surface area contributed by atoms with E-state index >= 15 is 0 Å². The maximum atomic E-state index is 6.05. The van der Waals surface area contributed by atoms with Crippen LogP contribution in [0.4, 0.5) is 0 Å². The molecule has 2 aromatic rings. The minimum atomic E-state index is 0.739. The Labute approximate surface area is 124 Å². The van der Waals surface area contributed by atoms with Crippen molar-refractivity contribution in [2.75, 3.05) is 6.54 Å². The molecular weight excluding hydrogens is 262 g/mol. The second kappa shape index (κ2) is 4.71. The van der Waals surface area contributed by atoms with Crippen LogP contribution in [-0.2, 0) is 0 Å². The fourth-order valence-corrected chi connectivity index (χ4v) is 5.15. The molecule has 1 nitrogen and oxygen atoms in total. The van der Waals surface area contributed by atoms with Crippen molar-refractivity contribution in [2.24, 2.45) is 17.6 Å². The summed E-state index contributed by atoms with van der Waals surface area (Å²) in [6.07, 6.45) is 5.39. The van der Waals surface area contributed by atoms with Crippen molar-refractivity contribution < 1.29 is 0 Å². The summed E-state index contributed by atoms with van der Waals surface area (Å²) in [6, 6.07) is 7.03. The number of benzene rings is 1. The van der Waals surface area contributed by atoms with Gasteiger partial charge in [0.15, 0.2) is 0 Å². The number of fused-ring (bicyclic) bond motifs is 3. The van der Waals surface area contributed by atoms with Crippen LogP contribution in [-0.4, -0.2) is 6.54 Å². The minimum Gasteiger partial charge on any atom is -0.327 e. The molecule has 2 aliphatic rings. The Kier molecular flexibility index (Phi) is 2.97. The molecule has 1 heterocycles. The quantitative estimate of drug-likeness (QED) is 0.846. The molecule has 2 unspecified atom stereocenters. The predicted octanol–water partition coefficient (Wildman–Crippen LogP) is 4.74. The molecule has 20 heavy (non-hydrogen) atoms. The van der Waals surface area contributed by atoms with E-state index in [9.17, 15) is 0 Å². The van der Waals surface area contributed by atoms with E-state index in [4.69, 9.17) is 5.73 Å². The molecule has 2 atom stereocenters. The number of nitrogens with two attached hydrogens (primary N) is 1. The third-order valence-corrected chi connectivity index (χ3v) is 6.27. The lowest BCUT2D eigenvalue weighted by Crippen LogP contribution is -2.16. The average molecular weight is 283 g/mol. The van der Waals surface area contributed by atoms with E-state index in [1.165, 1.54) is 52.5 Å². The van der Waals surface area contributed by atoms with E-state index in [2.05, 4.69) is 30.5 Å². The van der Waals surface area contributed by atoms with E-state index in [0.717, 1.165) is 18.4 Å². The van der Waals surface area contributed by atoms with Crippen LogP contribution >= 0.6 is 11.3 Å². The summed E-state index contributed by atoms with van der Waals surface area (Å²) in [5.41, 5.74) is 12.0. The van der Waals surface area contributed by atoms with Crippen LogP contribution in [0.5, 0.6) is 0 Å². The molecule has 1 saturated carbocycles. The SMILES string of the molecule is Cc1csc2ccc(C3=C(CN)CC4CCC3C4)cc12. The van der Waals surface area contributed by atoms with Crippen molar-refractivity contribution in [1.82, 2.24) is 0 Å². The van der Waals surface area contributed by atoms with Gasteiger partial charge in [-0.3, -0.25) is 0 Å². The first-order chi connectivity index (χ1) is 9.76. The smallest absolute Gasteiger partial charge is 0.0345 e. The Morgan fingerprint density at radius 1 is 1.30 bits per heavy atom. The van der Waals surface area contributed by atoms with Crippen LogP contribution in [0.1, 0.15) is 36.8 Å². The Bertz CT molecular complexity index is 695. The zero-order valence-electron chi connectivity index (χ0n) is 12.0. The number of hydrogen-bond acceptors (Lipinski definition) is 2. The summed E-state index contributed by atoms with van der Waals surface area (Å²) in [6.45, 7) is 2.95. The molecule has 4 rings (SSSR count). The summed E-state index contributed by atoms with van der Waals surface area (Å²) in [7, 11) is 0. The van der Waals surface area contributed by atoms with Gasteiger partial charge < -0.3 is 5.73 Å². The van der Waals surface area contributed by atoms with Crippen LogP contribution in [0.15, 0.2) is 29.2 Å². The fourth-order valence-electron chi connectivity index (χ4n) is 4.23. The number of allylic oxidation sites excluding steroid dienone is 1. The number of aryl methyl sites for hydroxylation is 1. The largest absolute Gasteiger partial charge is 0.327 e. The van der Waals surface area contributed by atoms with Gasteiger partial charge in [0.05, 0.1) is 0 Å². The number of thiophene rings is 1. The molecule has 0 spiro atoms. The highest BCUT2D eigenvalue weighted by atomic mass is 32.1. The molecule has 0 radical (unpaired) electrons. The Balaban J connectivity index is 1.87. The van der Waals surface area contributed by atoms with Gasteiger partial charge in [0.1, 0.15) is 0 Å². The minimum absolute atomic E-state index is 0.739. The summed E-state index contributed by atoms with van der Waals surface area (Å²) in [5.74, 6) is 1.68. The highest BCUT2D eigenvalue weighted by Crippen LogP contribution is 2.49. The third-order valence-electron chi connectivity index (χ3n) is 5.19. The van der Waals surface area contributed by atoms with Gasteiger partial charge in [0.25, 0.3) is 0 Å². The molecule has 104 valence electrons. The maximum Gasteiger partial charge on any atom is 0.0345 e. The average Bonchev–Trinajstić information content (AvgIpc) is 3.03. The van der Waals surface area contributed by atoms with Gasteiger partial charge in [0.2, 0.25) is 0 Å².